The van der Waals surface area contributed by atoms with Crippen molar-refractivity contribution in [3.63, 3.8) is 0 Å². The molecule has 2 aromatic rings. The molecule has 0 aromatic heterocycles. The summed E-state index contributed by atoms with van der Waals surface area (Å²) < 4.78 is 6.28. The Morgan fingerprint density at radius 3 is 2.65 bits per heavy atom. The van der Waals surface area contributed by atoms with Crippen molar-refractivity contribution in [1.29, 1.82) is 0 Å². The summed E-state index contributed by atoms with van der Waals surface area (Å²) in [5, 5.41) is 2.75. The van der Waals surface area contributed by atoms with Crippen molar-refractivity contribution < 1.29 is 19.1 Å². The van der Waals surface area contributed by atoms with E-state index in [1.807, 2.05) is 24.3 Å². The van der Waals surface area contributed by atoms with Crippen LogP contribution in [0.1, 0.15) is 29.3 Å². The fraction of sp³-hybridized carbons (Fsp3) is 0.182. The summed E-state index contributed by atoms with van der Waals surface area (Å²) in [4.78, 5) is 38.6. The van der Waals surface area contributed by atoms with Crippen LogP contribution in [0.3, 0.4) is 0 Å². The van der Waals surface area contributed by atoms with Crippen LogP contribution in [0.15, 0.2) is 57.9 Å². The zero-order valence-electron chi connectivity index (χ0n) is 16.6. The number of hydrogen-bond donors (Lipinski definition) is 1. The van der Waals surface area contributed by atoms with E-state index in [-0.39, 0.29) is 24.8 Å². The van der Waals surface area contributed by atoms with E-state index in [4.69, 9.17) is 17.0 Å². The highest BCUT2D eigenvalue weighted by Gasteiger charge is 2.32. The number of amides is 2. The molecule has 0 spiro atoms. The predicted molar refractivity (Wildman–Crippen MR) is 130 cm³/mol. The monoisotopic (exact) mass is 518 g/mol. The lowest BCUT2D eigenvalue weighted by molar-refractivity contribution is -0.122. The Hall–Kier alpha value is -2.49. The van der Waals surface area contributed by atoms with Gasteiger partial charge in [0, 0.05) is 23.1 Å². The molecule has 160 valence electrons. The van der Waals surface area contributed by atoms with Crippen molar-refractivity contribution in [1.82, 2.24) is 4.90 Å². The number of thioether (sulfide) groups is 1. The van der Waals surface area contributed by atoms with Gasteiger partial charge in [0.25, 0.3) is 5.91 Å². The molecule has 1 aliphatic rings. The lowest BCUT2D eigenvalue weighted by atomic mass is 10.2. The van der Waals surface area contributed by atoms with Crippen molar-refractivity contribution in [3.05, 3.63) is 69.0 Å². The third-order valence-electron chi connectivity index (χ3n) is 4.26. The van der Waals surface area contributed by atoms with Crippen LogP contribution in [0, 0.1) is 0 Å². The van der Waals surface area contributed by atoms with E-state index >= 15 is 0 Å². The molecule has 1 heterocycles. The molecule has 1 aliphatic heterocycles. The standard InChI is InChI=1S/C22H19BrN2O4S2/c1-2-29-21(28)15-6-8-17(9-7-15)24-19(26)10-11-25-20(27)18(31-22(25)30)13-14-4-3-5-16(23)12-14/h3-9,12-13H,2,10-11H2,1H3,(H,24,26)/b18-13-. The van der Waals surface area contributed by atoms with Gasteiger partial charge >= 0.3 is 5.97 Å². The molecule has 1 fully saturated rings. The molecule has 6 nitrogen and oxygen atoms in total. The predicted octanol–water partition coefficient (Wildman–Crippen LogP) is 4.86. The molecule has 0 saturated carbocycles. The van der Waals surface area contributed by atoms with Crippen molar-refractivity contribution in [3.8, 4) is 0 Å². The van der Waals surface area contributed by atoms with E-state index in [1.165, 1.54) is 16.7 Å². The molecule has 0 radical (unpaired) electrons. The Bertz CT molecular complexity index is 1050. The number of carbonyl (C=O) groups excluding carboxylic acids is 3. The zero-order valence-corrected chi connectivity index (χ0v) is 19.8. The number of carbonyl (C=O) groups is 3. The van der Waals surface area contributed by atoms with Crippen LogP contribution in [0.5, 0.6) is 0 Å². The van der Waals surface area contributed by atoms with Crippen LogP contribution in [-0.4, -0.2) is 40.2 Å². The summed E-state index contributed by atoms with van der Waals surface area (Å²) in [6.45, 7) is 2.22. The number of benzene rings is 2. The molecule has 2 aromatic carbocycles. The zero-order chi connectivity index (χ0) is 22.4. The van der Waals surface area contributed by atoms with Gasteiger partial charge in [0.2, 0.25) is 5.91 Å². The van der Waals surface area contributed by atoms with Gasteiger partial charge in [-0.05, 0) is 55.0 Å². The third-order valence-corrected chi connectivity index (χ3v) is 6.13. The van der Waals surface area contributed by atoms with Crippen LogP contribution in [0.4, 0.5) is 5.69 Å². The Balaban J connectivity index is 1.55. The second-order valence-corrected chi connectivity index (χ2v) is 9.08. The fourth-order valence-electron chi connectivity index (χ4n) is 2.78. The minimum atomic E-state index is -0.411. The number of halogens is 1. The first-order chi connectivity index (χ1) is 14.9. The number of nitrogens with one attached hydrogen (secondary N) is 1. The lowest BCUT2D eigenvalue weighted by Gasteiger charge is -2.14. The second kappa shape index (κ2) is 10.7. The number of rotatable bonds is 7. The number of thiocarbonyl (C=S) groups is 1. The van der Waals surface area contributed by atoms with E-state index in [0.29, 0.717) is 27.1 Å². The van der Waals surface area contributed by atoms with E-state index in [0.717, 1.165) is 10.0 Å². The van der Waals surface area contributed by atoms with Crippen LogP contribution < -0.4 is 5.32 Å². The molecular formula is C22H19BrN2O4S2. The van der Waals surface area contributed by atoms with Gasteiger partial charge in [-0.15, -0.1) is 0 Å². The molecule has 1 saturated heterocycles. The first-order valence-electron chi connectivity index (χ1n) is 9.45. The molecule has 0 unspecified atom stereocenters. The molecule has 3 rings (SSSR count). The number of ether oxygens (including phenoxy) is 1. The highest BCUT2D eigenvalue weighted by molar-refractivity contribution is 9.10. The normalized spacial score (nSPS) is 14.8. The third kappa shape index (κ3) is 6.25. The number of hydrogen-bond acceptors (Lipinski definition) is 6. The molecule has 9 heteroatoms. The van der Waals surface area contributed by atoms with Gasteiger partial charge in [-0.3, -0.25) is 14.5 Å². The van der Waals surface area contributed by atoms with Crippen molar-refractivity contribution in [2.24, 2.45) is 0 Å². The van der Waals surface area contributed by atoms with Gasteiger partial charge in [-0.2, -0.15) is 0 Å². The second-order valence-electron chi connectivity index (χ2n) is 6.48. The van der Waals surface area contributed by atoms with Gasteiger partial charge in [-0.1, -0.05) is 52.0 Å². The number of nitrogens with zero attached hydrogens (tertiary/aromatic N) is 1. The topological polar surface area (TPSA) is 75.7 Å². The smallest absolute Gasteiger partial charge is 0.338 e. The average molecular weight is 519 g/mol. The van der Waals surface area contributed by atoms with Crippen molar-refractivity contribution in [2.75, 3.05) is 18.5 Å². The molecular weight excluding hydrogens is 500 g/mol. The molecule has 2 amide bonds. The van der Waals surface area contributed by atoms with Gasteiger partial charge in [0.05, 0.1) is 17.1 Å². The maximum atomic E-state index is 12.7. The van der Waals surface area contributed by atoms with Crippen LogP contribution in [0.25, 0.3) is 6.08 Å². The Morgan fingerprint density at radius 1 is 1.23 bits per heavy atom. The van der Waals surface area contributed by atoms with Crippen molar-refractivity contribution in [2.45, 2.75) is 13.3 Å². The van der Waals surface area contributed by atoms with E-state index in [9.17, 15) is 14.4 Å². The Kier molecular flexibility index (Phi) is 8.00. The molecule has 0 bridgehead atoms. The molecule has 31 heavy (non-hydrogen) atoms. The highest BCUT2D eigenvalue weighted by atomic mass is 79.9. The van der Waals surface area contributed by atoms with Gasteiger partial charge < -0.3 is 10.1 Å². The van der Waals surface area contributed by atoms with Gasteiger partial charge in [0.15, 0.2) is 0 Å². The van der Waals surface area contributed by atoms with E-state index < -0.39 is 5.97 Å². The highest BCUT2D eigenvalue weighted by Crippen LogP contribution is 2.33. The molecule has 1 N–H and O–H groups in total. The summed E-state index contributed by atoms with van der Waals surface area (Å²) in [6, 6.07) is 14.0. The lowest BCUT2D eigenvalue weighted by Crippen LogP contribution is -2.31. The summed E-state index contributed by atoms with van der Waals surface area (Å²) >= 11 is 9.96. The first kappa shape index (κ1) is 23.2. The largest absolute Gasteiger partial charge is 0.462 e. The minimum absolute atomic E-state index is 0.0935. The summed E-state index contributed by atoms with van der Waals surface area (Å²) in [5.41, 5.74) is 1.85. The fourth-order valence-corrected chi connectivity index (χ4v) is 4.51. The van der Waals surface area contributed by atoms with E-state index in [1.54, 1.807) is 37.3 Å². The van der Waals surface area contributed by atoms with Gasteiger partial charge in [-0.25, -0.2) is 4.79 Å². The van der Waals surface area contributed by atoms with Gasteiger partial charge in [0.1, 0.15) is 4.32 Å². The average Bonchev–Trinajstić information content (AvgIpc) is 2.99. The minimum Gasteiger partial charge on any atom is -0.462 e. The SMILES string of the molecule is CCOC(=O)c1ccc(NC(=O)CCN2C(=O)/C(=C/c3cccc(Br)c3)SC2=S)cc1. The van der Waals surface area contributed by atoms with Crippen LogP contribution in [-0.2, 0) is 14.3 Å². The van der Waals surface area contributed by atoms with E-state index in [2.05, 4.69) is 21.2 Å². The van der Waals surface area contributed by atoms with Crippen LogP contribution in [0.2, 0.25) is 0 Å². The number of anilines is 1. The Labute approximate surface area is 198 Å². The number of esters is 1. The first-order valence-corrected chi connectivity index (χ1v) is 11.5. The summed E-state index contributed by atoms with van der Waals surface area (Å²) in [5.74, 6) is -0.874. The summed E-state index contributed by atoms with van der Waals surface area (Å²) in [6.07, 6.45) is 1.88. The van der Waals surface area contributed by atoms with Crippen LogP contribution >= 0.6 is 39.9 Å². The maximum absolute atomic E-state index is 12.7. The maximum Gasteiger partial charge on any atom is 0.338 e. The summed E-state index contributed by atoms with van der Waals surface area (Å²) in [7, 11) is 0. The molecule has 0 atom stereocenters. The quantitative estimate of drug-likeness (QED) is 0.320. The Morgan fingerprint density at radius 2 is 1.97 bits per heavy atom. The van der Waals surface area contributed by atoms with Crippen molar-refractivity contribution >= 4 is 73.8 Å². The molecule has 0 aliphatic carbocycles.